The third-order valence-electron chi connectivity index (χ3n) is 1.33. The van der Waals surface area contributed by atoms with Crippen molar-refractivity contribution in [2.75, 3.05) is 6.61 Å². The molecule has 0 amide bonds. The average molecular weight is 206 g/mol. The number of carboxylic acids is 1. The normalized spacial score (nSPS) is 12.8. The van der Waals surface area contributed by atoms with Crippen LogP contribution in [0.15, 0.2) is 11.6 Å². The van der Waals surface area contributed by atoms with Gasteiger partial charge in [0.25, 0.3) is 0 Å². The Bertz CT molecular complexity index is 223. The Morgan fingerprint density at radius 3 is 2.77 bits per heavy atom. The Morgan fingerprint density at radius 2 is 2.31 bits per heavy atom. The molecule has 0 fully saturated rings. The van der Waals surface area contributed by atoms with Gasteiger partial charge in [-0.3, -0.25) is 0 Å². The van der Waals surface area contributed by atoms with E-state index in [9.17, 15) is 14.3 Å². The number of unbranched alkanes of at least 4 members (excludes halogenated alkanes) is 1. The largest absolute Gasteiger partial charge is 0.566 e. The van der Waals surface area contributed by atoms with E-state index in [0.717, 1.165) is 0 Å². The molecule has 0 rings (SSSR count). The van der Waals surface area contributed by atoms with Crippen molar-refractivity contribution in [2.45, 2.75) is 19.8 Å². The van der Waals surface area contributed by atoms with Crippen LogP contribution in [0.25, 0.3) is 0 Å². The van der Waals surface area contributed by atoms with Crippen molar-refractivity contribution in [1.29, 1.82) is 0 Å². The molecular formula is C7H11O5P. The second-order valence-electron chi connectivity index (χ2n) is 2.39. The first kappa shape index (κ1) is 12.2. The molecule has 0 aliphatic heterocycles. The van der Waals surface area contributed by atoms with E-state index < -0.39 is 14.2 Å². The van der Waals surface area contributed by atoms with Crippen LogP contribution >= 0.6 is 8.25 Å². The number of hydrogen-bond donors (Lipinski definition) is 1. The predicted octanol–water partition coefficient (Wildman–Crippen LogP) is 0.832. The van der Waals surface area contributed by atoms with Crippen LogP contribution in [0.4, 0.5) is 0 Å². The van der Waals surface area contributed by atoms with Gasteiger partial charge in [-0.25, -0.2) is 4.79 Å². The number of aliphatic carboxylic acids is 1. The zero-order valence-corrected chi connectivity index (χ0v) is 8.12. The fourth-order valence-electron chi connectivity index (χ4n) is 0.628. The summed E-state index contributed by atoms with van der Waals surface area (Å²) in [4.78, 5) is 20.2. The molecule has 1 atom stereocenters. The Morgan fingerprint density at radius 1 is 1.69 bits per heavy atom. The van der Waals surface area contributed by atoms with Crippen molar-refractivity contribution >= 4 is 14.2 Å². The summed E-state index contributed by atoms with van der Waals surface area (Å²) in [5, 5.41) is 8.43. The molecule has 0 bridgehead atoms. The highest BCUT2D eigenvalue weighted by molar-refractivity contribution is 7.30. The van der Waals surface area contributed by atoms with Gasteiger partial charge < -0.3 is 10.00 Å². The first-order chi connectivity index (χ1) is 6.04. The van der Waals surface area contributed by atoms with Gasteiger partial charge in [-0.1, -0.05) is 6.08 Å². The van der Waals surface area contributed by atoms with E-state index in [2.05, 4.69) is 4.52 Å². The summed E-state index contributed by atoms with van der Waals surface area (Å²) < 4.78 is 14.2. The highest BCUT2D eigenvalue weighted by Crippen LogP contribution is 2.09. The first-order valence-electron chi connectivity index (χ1n) is 3.71. The van der Waals surface area contributed by atoms with Crippen molar-refractivity contribution in [1.82, 2.24) is 0 Å². The quantitative estimate of drug-likeness (QED) is 0.395. The summed E-state index contributed by atoms with van der Waals surface area (Å²) in [6.45, 7) is 1.58. The molecule has 0 aromatic rings. The zero-order chi connectivity index (χ0) is 10.3. The number of rotatable bonds is 6. The number of hydrogen-bond acceptors (Lipinski definition) is 4. The van der Waals surface area contributed by atoms with Gasteiger partial charge in [0.1, 0.15) is 6.61 Å². The third-order valence-corrected chi connectivity index (χ3v) is 1.73. The smallest absolute Gasteiger partial charge is 0.488 e. The van der Waals surface area contributed by atoms with Crippen molar-refractivity contribution in [3.05, 3.63) is 11.6 Å². The standard InChI is InChI=1S/C7H11O5P/c1-6(7(8)9)4-2-3-5-12-13(10)11/h4H,2-3,5H2,1H3,(H,8,9). The molecule has 0 aromatic carbocycles. The second kappa shape index (κ2) is 6.71. The molecule has 74 valence electrons. The van der Waals surface area contributed by atoms with E-state index in [1.807, 2.05) is 0 Å². The van der Waals surface area contributed by atoms with Crippen molar-refractivity contribution in [3.8, 4) is 0 Å². The molecule has 0 aromatic heterocycles. The van der Waals surface area contributed by atoms with Gasteiger partial charge in [0.15, 0.2) is 0 Å². The maximum atomic E-state index is 10.3. The van der Waals surface area contributed by atoms with Crippen LogP contribution in [0, 0.1) is 0 Å². The molecule has 0 aliphatic rings. The average Bonchev–Trinajstić information content (AvgIpc) is 2.02. The monoisotopic (exact) mass is 206 g/mol. The predicted molar refractivity (Wildman–Crippen MR) is 44.2 cm³/mol. The van der Waals surface area contributed by atoms with Crippen molar-refractivity contribution in [2.24, 2.45) is 0 Å². The number of carboxylic acid groups (broad SMARTS) is 1. The van der Waals surface area contributed by atoms with Crippen molar-refractivity contribution < 1.29 is 23.9 Å². The van der Waals surface area contributed by atoms with Gasteiger partial charge in [-0.2, -0.15) is 0 Å². The van der Waals surface area contributed by atoms with Crippen LogP contribution in [0.2, 0.25) is 0 Å². The van der Waals surface area contributed by atoms with Gasteiger partial charge in [0.05, 0.1) is 0 Å². The summed E-state index contributed by atoms with van der Waals surface area (Å²) in [5.74, 6) is -0.962. The summed E-state index contributed by atoms with van der Waals surface area (Å²) in [5.41, 5.74) is 0.256. The highest BCUT2D eigenvalue weighted by Gasteiger charge is 2.01. The van der Waals surface area contributed by atoms with Gasteiger partial charge in [0.2, 0.25) is 0 Å². The van der Waals surface area contributed by atoms with Crippen molar-refractivity contribution in [3.63, 3.8) is 0 Å². The molecule has 6 heteroatoms. The molecule has 0 saturated carbocycles. The lowest BCUT2D eigenvalue weighted by Gasteiger charge is -1.93. The number of allylic oxidation sites excluding steroid dienone is 1. The Hall–Kier alpha value is -0.770. The molecule has 13 heavy (non-hydrogen) atoms. The molecule has 0 spiro atoms. The molecule has 1 unspecified atom stereocenters. The van der Waals surface area contributed by atoms with Crippen LogP contribution in [-0.2, 0) is 13.9 Å². The van der Waals surface area contributed by atoms with Crippen LogP contribution < -0.4 is 4.89 Å². The second-order valence-corrected chi connectivity index (χ2v) is 3.10. The molecule has 0 radical (unpaired) electrons. The SMILES string of the molecule is CC(=CCCCO[P+](=O)[O-])C(=O)O. The van der Waals surface area contributed by atoms with E-state index in [-0.39, 0.29) is 12.2 Å². The van der Waals surface area contributed by atoms with Gasteiger partial charge in [0, 0.05) is 5.57 Å². The summed E-state index contributed by atoms with van der Waals surface area (Å²) >= 11 is 0. The van der Waals surface area contributed by atoms with E-state index in [4.69, 9.17) is 5.11 Å². The van der Waals surface area contributed by atoms with E-state index >= 15 is 0 Å². The highest BCUT2D eigenvalue weighted by atomic mass is 31.1. The minimum atomic E-state index is -2.78. The fraction of sp³-hybridized carbons (Fsp3) is 0.571. The molecule has 1 N–H and O–H groups in total. The summed E-state index contributed by atoms with van der Waals surface area (Å²) in [6.07, 6.45) is 2.53. The van der Waals surface area contributed by atoms with Crippen LogP contribution in [0.1, 0.15) is 19.8 Å². The third kappa shape index (κ3) is 7.59. The van der Waals surface area contributed by atoms with E-state index in [1.54, 1.807) is 0 Å². The lowest BCUT2D eigenvalue weighted by atomic mass is 10.2. The fourth-order valence-corrected chi connectivity index (χ4v) is 0.906. The van der Waals surface area contributed by atoms with E-state index in [0.29, 0.717) is 12.8 Å². The summed E-state index contributed by atoms with van der Waals surface area (Å²) in [7, 11) is -2.78. The molecular weight excluding hydrogens is 195 g/mol. The van der Waals surface area contributed by atoms with Gasteiger partial charge in [-0.05, 0) is 24.3 Å². The molecule has 0 aliphatic carbocycles. The minimum Gasteiger partial charge on any atom is -0.566 e. The lowest BCUT2D eigenvalue weighted by Crippen LogP contribution is -1.97. The molecule has 0 saturated heterocycles. The van der Waals surface area contributed by atoms with Crippen LogP contribution in [0.3, 0.4) is 0 Å². The number of carbonyl (C=O) groups is 1. The first-order valence-corrected chi connectivity index (χ1v) is 4.81. The van der Waals surface area contributed by atoms with E-state index in [1.165, 1.54) is 13.0 Å². The summed E-state index contributed by atoms with van der Waals surface area (Å²) in [6, 6.07) is 0. The minimum absolute atomic E-state index is 0.0993. The zero-order valence-electron chi connectivity index (χ0n) is 7.23. The van der Waals surface area contributed by atoms with Gasteiger partial charge in [-0.15, -0.1) is 4.52 Å². The topological polar surface area (TPSA) is 86.7 Å². The lowest BCUT2D eigenvalue weighted by molar-refractivity contribution is -0.185. The maximum absolute atomic E-state index is 10.3. The molecule has 0 heterocycles. The Balaban J connectivity index is 3.50. The Labute approximate surface area is 77.0 Å². The Kier molecular flexibility index (Phi) is 6.32. The maximum Gasteiger partial charge on any atom is 0.488 e. The van der Waals surface area contributed by atoms with Gasteiger partial charge >= 0.3 is 14.2 Å². The molecule has 5 nitrogen and oxygen atoms in total. The van der Waals surface area contributed by atoms with Crippen LogP contribution in [-0.4, -0.2) is 17.7 Å². The van der Waals surface area contributed by atoms with Crippen LogP contribution in [0.5, 0.6) is 0 Å².